The van der Waals surface area contributed by atoms with E-state index >= 15 is 0 Å². The molecule has 0 spiro atoms. The molecule has 0 aromatic carbocycles. The maximum absolute atomic E-state index is 6.34. The monoisotopic (exact) mass is 325 g/mol. The highest BCUT2D eigenvalue weighted by molar-refractivity contribution is 7.39. The summed E-state index contributed by atoms with van der Waals surface area (Å²) in [5, 5.41) is 9.55. The van der Waals surface area contributed by atoms with Crippen molar-refractivity contribution in [3.05, 3.63) is 27.4 Å². The molecule has 0 aliphatic carbocycles. The lowest BCUT2D eigenvalue weighted by atomic mass is 10.3. The number of hydrogen-bond acceptors (Lipinski definition) is 7. The number of fused-ring (bicyclic) bond motifs is 1. The first-order valence-corrected chi connectivity index (χ1v) is 8.23. The Bertz CT molecular complexity index is 846. The summed E-state index contributed by atoms with van der Waals surface area (Å²) in [7, 11) is 0. The van der Waals surface area contributed by atoms with Crippen LogP contribution < -0.4 is 0 Å². The highest BCUT2D eigenvalue weighted by atomic mass is 35.5. The molecule has 0 N–H and O–H groups in total. The van der Waals surface area contributed by atoms with E-state index in [4.69, 9.17) is 16.1 Å². The maximum Gasteiger partial charge on any atom is 0.269 e. The lowest BCUT2D eigenvalue weighted by Crippen LogP contribution is -1.79. The zero-order valence-corrected chi connectivity index (χ0v) is 12.4. The fraction of sp³-hybridized carbons (Fsp3) is 0. The van der Waals surface area contributed by atoms with E-state index in [1.807, 2.05) is 16.8 Å². The molecule has 0 saturated heterocycles. The average molecular weight is 326 g/mol. The summed E-state index contributed by atoms with van der Waals surface area (Å²) in [6, 6.07) is 2.00. The zero-order valence-electron chi connectivity index (χ0n) is 9.16. The predicted octanol–water partition coefficient (Wildman–Crippen LogP) is 4.79. The van der Waals surface area contributed by atoms with Gasteiger partial charge in [-0.25, -0.2) is 4.98 Å². The Kier molecular flexibility index (Phi) is 2.66. The second kappa shape index (κ2) is 4.38. The first-order valence-electron chi connectivity index (χ1n) is 5.21. The van der Waals surface area contributed by atoms with Crippen LogP contribution in [0.3, 0.4) is 0 Å². The molecule has 4 nitrogen and oxygen atoms in total. The van der Waals surface area contributed by atoms with Crippen molar-refractivity contribution in [3.63, 3.8) is 0 Å². The molecule has 0 radical (unpaired) electrons. The number of thiazole rings is 1. The van der Waals surface area contributed by atoms with Gasteiger partial charge in [0.1, 0.15) is 10.6 Å². The average Bonchev–Trinajstić information content (AvgIpc) is 3.14. The van der Waals surface area contributed by atoms with Gasteiger partial charge < -0.3 is 4.52 Å². The molecule has 0 bridgehead atoms. The van der Waals surface area contributed by atoms with Gasteiger partial charge in [0.05, 0.1) is 14.5 Å². The molecule has 0 unspecified atom stereocenters. The quantitative estimate of drug-likeness (QED) is 0.531. The first-order chi connectivity index (χ1) is 9.33. The second-order valence-electron chi connectivity index (χ2n) is 3.66. The smallest absolute Gasteiger partial charge is 0.269 e. The fourth-order valence-corrected chi connectivity index (χ4v) is 4.74. The van der Waals surface area contributed by atoms with Gasteiger partial charge in [0.25, 0.3) is 5.89 Å². The van der Waals surface area contributed by atoms with Gasteiger partial charge in [-0.2, -0.15) is 4.98 Å². The summed E-state index contributed by atoms with van der Waals surface area (Å²) in [4.78, 5) is 9.33. The van der Waals surface area contributed by atoms with E-state index in [1.165, 1.54) is 11.3 Å². The van der Waals surface area contributed by atoms with Gasteiger partial charge >= 0.3 is 0 Å². The lowest BCUT2D eigenvalue weighted by Gasteiger charge is -1.88. The van der Waals surface area contributed by atoms with E-state index in [1.54, 1.807) is 28.2 Å². The van der Waals surface area contributed by atoms with Gasteiger partial charge in [0, 0.05) is 10.8 Å². The van der Waals surface area contributed by atoms with E-state index in [9.17, 15) is 0 Å². The van der Waals surface area contributed by atoms with Crippen molar-refractivity contribution >= 4 is 55.0 Å². The van der Waals surface area contributed by atoms with Crippen molar-refractivity contribution in [3.8, 4) is 22.3 Å². The van der Waals surface area contributed by atoms with Crippen LogP contribution in [-0.2, 0) is 0 Å². The Morgan fingerprint density at radius 1 is 1.32 bits per heavy atom. The summed E-state index contributed by atoms with van der Waals surface area (Å²) < 4.78 is 6.45. The van der Waals surface area contributed by atoms with Crippen LogP contribution in [0.5, 0.6) is 0 Å². The number of thiophene rings is 2. The topological polar surface area (TPSA) is 51.8 Å². The Morgan fingerprint density at radius 2 is 2.26 bits per heavy atom. The number of hydrogen-bond donors (Lipinski definition) is 0. The van der Waals surface area contributed by atoms with Crippen LogP contribution in [0.4, 0.5) is 0 Å². The first kappa shape index (κ1) is 11.5. The standard InChI is InChI=1S/C11H4ClN3OS3/c12-7-5-1-2-18-11(5)19-8(7)10-14-9(15-16-10)6-3-17-4-13-6/h1-4H. The Balaban J connectivity index is 1.84. The third-order valence-electron chi connectivity index (χ3n) is 2.54. The van der Waals surface area contributed by atoms with Crippen molar-refractivity contribution in [2.45, 2.75) is 0 Å². The van der Waals surface area contributed by atoms with Gasteiger partial charge in [0.2, 0.25) is 5.82 Å². The molecule has 0 saturated carbocycles. The van der Waals surface area contributed by atoms with Crippen molar-refractivity contribution < 1.29 is 4.52 Å². The molecule has 0 amide bonds. The van der Waals surface area contributed by atoms with E-state index in [0.29, 0.717) is 16.7 Å². The van der Waals surface area contributed by atoms with Crippen LogP contribution in [-0.4, -0.2) is 15.1 Å². The molecular weight excluding hydrogens is 322 g/mol. The molecule has 0 aliphatic heterocycles. The molecular formula is C11H4ClN3OS3. The van der Waals surface area contributed by atoms with Crippen molar-refractivity contribution in [1.82, 2.24) is 15.1 Å². The number of halogens is 1. The van der Waals surface area contributed by atoms with Gasteiger partial charge in [-0.3, -0.25) is 0 Å². The second-order valence-corrected chi connectivity index (χ2v) is 6.96. The highest BCUT2D eigenvalue weighted by Gasteiger charge is 2.19. The molecule has 4 heterocycles. The van der Waals surface area contributed by atoms with Crippen LogP contribution in [0.1, 0.15) is 0 Å². The number of rotatable bonds is 2. The van der Waals surface area contributed by atoms with Gasteiger partial charge in [-0.15, -0.1) is 34.0 Å². The minimum atomic E-state index is 0.446. The molecule has 8 heteroatoms. The van der Waals surface area contributed by atoms with E-state index < -0.39 is 0 Å². The highest BCUT2D eigenvalue weighted by Crippen LogP contribution is 2.43. The summed E-state index contributed by atoms with van der Waals surface area (Å²) in [6.45, 7) is 0. The van der Waals surface area contributed by atoms with Crippen molar-refractivity contribution in [1.29, 1.82) is 0 Å². The Morgan fingerprint density at radius 3 is 3.05 bits per heavy atom. The maximum atomic E-state index is 6.34. The Labute approximate surface area is 124 Å². The normalized spacial score (nSPS) is 11.4. The minimum Gasteiger partial charge on any atom is -0.333 e. The molecule has 0 fully saturated rings. The van der Waals surface area contributed by atoms with E-state index in [0.717, 1.165) is 20.0 Å². The molecule has 4 aromatic heterocycles. The molecule has 94 valence electrons. The SMILES string of the molecule is Clc1c(-c2nc(-c3cscn3)no2)sc2sccc12. The van der Waals surface area contributed by atoms with Gasteiger partial charge in [-0.1, -0.05) is 16.8 Å². The molecule has 0 aliphatic rings. The van der Waals surface area contributed by atoms with Gasteiger partial charge in [0.15, 0.2) is 0 Å². The molecule has 19 heavy (non-hydrogen) atoms. The van der Waals surface area contributed by atoms with Crippen LogP contribution in [0.15, 0.2) is 26.9 Å². The van der Waals surface area contributed by atoms with Gasteiger partial charge in [-0.05, 0) is 11.4 Å². The zero-order chi connectivity index (χ0) is 12.8. The summed E-state index contributed by atoms with van der Waals surface area (Å²) in [5.74, 6) is 0.936. The summed E-state index contributed by atoms with van der Waals surface area (Å²) in [6.07, 6.45) is 0. The van der Waals surface area contributed by atoms with E-state index in [2.05, 4.69) is 15.1 Å². The van der Waals surface area contributed by atoms with Crippen LogP contribution >= 0.6 is 45.6 Å². The third kappa shape index (κ3) is 1.81. The lowest BCUT2D eigenvalue weighted by molar-refractivity contribution is 0.433. The van der Waals surface area contributed by atoms with Crippen molar-refractivity contribution in [2.75, 3.05) is 0 Å². The molecule has 4 rings (SSSR count). The predicted molar refractivity (Wildman–Crippen MR) is 79.1 cm³/mol. The van der Waals surface area contributed by atoms with Crippen LogP contribution in [0.2, 0.25) is 5.02 Å². The third-order valence-corrected chi connectivity index (χ3v) is 5.87. The number of aromatic nitrogens is 3. The number of nitrogens with zero attached hydrogens (tertiary/aromatic N) is 3. The molecule has 0 atom stereocenters. The van der Waals surface area contributed by atoms with Crippen LogP contribution in [0.25, 0.3) is 31.7 Å². The summed E-state index contributed by atoms with van der Waals surface area (Å²) >= 11 is 11.1. The Hall–Kier alpha value is -1.28. The van der Waals surface area contributed by atoms with E-state index in [-0.39, 0.29) is 0 Å². The molecule has 4 aromatic rings. The summed E-state index contributed by atoms with van der Waals surface area (Å²) in [5.41, 5.74) is 2.45. The minimum absolute atomic E-state index is 0.446. The largest absolute Gasteiger partial charge is 0.333 e. The fourth-order valence-electron chi connectivity index (χ4n) is 1.68. The van der Waals surface area contributed by atoms with Crippen LogP contribution in [0, 0.1) is 0 Å². The van der Waals surface area contributed by atoms with Crippen molar-refractivity contribution in [2.24, 2.45) is 0 Å².